The summed E-state index contributed by atoms with van der Waals surface area (Å²) in [5, 5.41) is 14.5. The zero-order valence-corrected chi connectivity index (χ0v) is 10.6. The number of carboxylic acid groups (broad SMARTS) is 1. The van der Waals surface area contributed by atoms with E-state index in [1.165, 1.54) is 0 Å². The minimum atomic E-state index is -0.823. The Hall–Kier alpha value is -2.05. The molecule has 0 saturated heterocycles. The van der Waals surface area contributed by atoms with E-state index in [9.17, 15) is 14.7 Å². The van der Waals surface area contributed by atoms with Crippen LogP contribution in [0.3, 0.4) is 0 Å². The lowest BCUT2D eigenvalue weighted by molar-refractivity contribution is -0.148. The number of carbonyl (C=O) groups excluding carboxylic acids is 1. The highest BCUT2D eigenvalue weighted by atomic mass is 16.4. The van der Waals surface area contributed by atoms with Crippen molar-refractivity contribution in [3.63, 3.8) is 0 Å². The number of carbonyl (C=O) groups is 2. The van der Waals surface area contributed by atoms with Gasteiger partial charge in [0.1, 0.15) is 5.82 Å². The summed E-state index contributed by atoms with van der Waals surface area (Å²) in [6.07, 6.45) is 6.34. The van der Waals surface area contributed by atoms with E-state index in [4.69, 9.17) is 0 Å². The summed E-state index contributed by atoms with van der Waals surface area (Å²) in [4.78, 5) is 29.7. The number of aromatic amines is 1. The van der Waals surface area contributed by atoms with Gasteiger partial charge in [-0.25, -0.2) is 9.78 Å². The first-order chi connectivity index (χ1) is 9.12. The van der Waals surface area contributed by atoms with Gasteiger partial charge >= 0.3 is 12.0 Å². The van der Waals surface area contributed by atoms with Gasteiger partial charge in [0.05, 0.1) is 12.0 Å². The minimum absolute atomic E-state index is 0.173. The summed E-state index contributed by atoms with van der Waals surface area (Å²) in [6.45, 7) is 0.464. The fourth-order valence-electron chi connectivity index (χ4n) is 2.39. The van der Waals surface area contributed by atoms with Crippen molar-refractivity contribution in [2.24, 2.45) is 5.41 Å². The largest absolute Gasteiger partial charge is 0.481 e. The summed E-state index contributed by atoms with van der Waals surface area (Å²) in [5.41, 5.74) is -0.790. The van der Waals surface area contributed by atoms with E-state index in [1.54, 1.807) is 12.4 Å². The van der Waals surface area contributed by atoms with Crippen LogP contribution < -0.4 is 10.6 Å². The van der Waals surface area contributed by atoms with Crippen LogP contribution in [0.15, 0.2) is 12.4 Å². The van der Waals surface area contributed by atoms with E-state index >= 15 is 0 Å². The zero-order chi connectivity index (χ0) is 13.7. The number of amides is 2. The van der Waals surface area contributed by atoms with Crippen molar-refractivity contribution in [1.29, 1.82) is 0 Å². The topological polar surface area (TPSA) is 107 Å². The number of nitrogens with one attached hydrogen (secondary N) is 3. The summed E-state index contributed by atoms with van der Waals surface area (Å²) in [5.74, 6) is -0.166. The molecule has 0 aliphatic heterocycles. The van der Waals surface area contributed by atoms with Crippen LogP contribution >= 0.6 is 0 Å². The SMILES string of the molecule is O=C(NCc1ncc[nH]1)NCC1(C(=O)O)CCCC1. The number of aromatic nitrogens is 2. The summed E-state index contributed by atoms with van der Waals surface area (Å²) in [6, 6.07) is -0.371. The molecule has 0 unspecified atom stereocenters. The molecule has 1 aliphatic rings. The number of imidazole rings is 1. The number of aliphatic carboxylic acids is 1. The summed E-state index contributed by atoms with van der Waals surface area (Å²) < 4.78 is 0. The van der Waals surface area contributed by atoms with Gasteiger partial charge in [-0.15, -0.1) is 0 Å². The number of hydrogen-bond donors (Lipinski definition) is 4. The maximum Gasteiger partial charge on any atom is 0.315 e. The Bertz CT molecular complexity index is 438. The molecule has 2 rings (SSSR count). The Kier molecular flexibility index (Phi) is 4.03. The number of hydrogen-bond acceptors (Lipinski definition) is 3. The maximum atomic E-state index is 11.6. The quantitative estimate of drug-likeness (QED) is 0.633. The van der Waals surface area contributed by atoms with Crippen LogP contribution in [0.1, 0.15) is 31.5 Å². The molecule has 1 aliphatic carbocycles. The molecule has 1 fully saturated rings. The Morgan fingerprint density at radius 2 is 2.11 bits per heavy atom. The molecule has 1 heterocycles. The molecule has 0 bridgehead atoms. The van der Waals surface area contributed by atoms with E-state index < -0.39 is 11.4 Å². The molecule has 1 saturated carbocycles. The lowest BCUT2D eigenvalue weighted by Gasteiger charge is -2.23. The normalized spacial score (nSPS) is 17.1. The molecule has 7 nitrogen and oxygen atoms in total. The smallest absolute Gasteiger partial charge is 0.315 e. The van der Waals surface area contributed by atoms with Gasteiger partial charge in [-0.05, 0) is 12.8 Å². The number of urea groups is 1. The molecule has 104 valence electrons. The second kappa shape index (κ2) is 5.73. The van der Waals surface area contributed by atoms with Gasteiger partial charge in [-0.3, -0.25) is 4.79 Å². The second-order valence-electron chi connectivity index (χ2n) is 4.86. The van der Waals surface area contributed by atoms with E-state index in [-0.39, 0.29) is 12.6 Å². The van der Waals surface area contributed by atoms with E-state index in [0.29, 0.717) is 25.2 Å². The first kappa shape index (κ1) is 13.4. The molecule has 1 aromatic rings. The molecule has 19 heavy (non-hydrogen) atoms. The second-order valence-corrected chi connectivity index (χ2v) is 4.86. The van der Waals surface area contributed by atoms with Crippen molar-refractivity contribution in [2.75, 3.05) is 6.54 Å². The molecule has 0 spiro atoms. The molecule has 0 radical (unpaired) electrons. The zero-order valence-electron chi connectivity index (χ0n) is 10.6. The van der Waals surface area contributed by atoms with Crippen molar-refractivity contribution in [3.8, 4) is 0 Å². The summed E-state index contributed by atoms with van der Waals surface area (Å²) >= 11 is 0. The third kappa shape index (κ3) is 3.24. The Morgan fingerprint density at radius 3 is 2.68 bits per heavy atom. The van der Waals surface area contributed by atoms with Crippen LogP contribution in [-0.2, 0) is 11.3 Å². The van der Waals surface area contributed by atoms with E-state index in [1.807, 2.05) is 0 Å². The predicted molar refractivity (Wildman–Crippen MR) is 67.4 cm³/mol. The first-order valence-electron chi connectivity index (χ1n) is 6.36. The highest BCUT2D eigenvalue weighted by molar-refractivity contribution is 5.78. The van der Waals surface area contributed by atoms with Gasteiger partial charge in [0.2, 0.25) is 0 Å². The van der Waals surface area contributed by atoms with Crippen molar-refractivity contribution < 1.29 is 14.7 Å². The Balaban J connectivity index is 1.77. The fourth-order valence-corrected chi connectivity index (χ4v) is 2.39. The molecule has 0 atom stereocenters. The molecule has 2 amide bonds. The lowest BCUT2D eigenvalue weighted by atomic mass is 9.86. The van der Waals surface area contributed by atoms with Crippen LogP contribution in [0.2, 0.25) is 0 Å². The monoisotopic (exact) mass is 266 g/mol. The number of carboxylic acids is 1. The molecule has 0 aromatic carbocycles. The highest BCUT2D eigenvalue weighted by Crippen LogP contribution is 2.37. The lowest BCUT2D eigenvalue weighted by Crippen LogP contribution is -2.44. The third-order valence-electron chi connectivity index (χ3n) is 3.57. The Morgan fingerprint density at radius 1 is 1.37 bits per heavy atom. The molecule has 4 N–H and O–H groups in total. The van der Waals surface area contributed by atoms with Crippen LogP contribution in [0.25, 0.3) is 0 Å². The molecular formula is C12H18N4O3. The van der Waals surface area contributed by atoms with Gasteiger partial charge in [0.15, 0.2) is 0 Å². The van der Waals surface area contributed by atoms with Crippen molar-refractivity contribution >= 4 is 12.0 Å². The molecule has 1 aromatic heterocycles. The average molecular weight is 266 g/mol. The van der Waals surface area contributed by atoms with Crippen LogP contribution in [0.4, 0.5) is 4.79 Å². The minimum Gasteiger partial charge on any atom is -0.481 e. The van der Waals surface area contributed by atoms with Crippen LogP contribution in [0.5, 0.6) is 0 Å². The first-order valence-corrected chi connectivity index (χ1v) is 6.36. The summed E-state index contributed by atoms with van der Waals surface area (Å²) in [7, 11) is 0. The number of rotatable bonds is 5. The van der Waals surface area contributed by atoms with Crippen LogP contribution in [0, 0.1) is 5.41 Å². The number of H-pyrrole nitrogens is 1. The highest BCUT2D eigenvalue weighted by Gasteiger charge is 2.41. The fraction of sp³-hybridized carbons (Fsp3) is 0.583. The molecular weight excluding hydrogens is 248 g/mol. The standard InChI is InChI=1S/C12H18N4O3/c17-10(18)12(3-1-2-4-12)8-16-11(19)15-7-9-13-5-6-14-9/h5-6H,1-4,7-8H2,(H,13,14)(H,17,18)(H2,15,16,19). The maximum absolute atomic E-state index is 11.6. The van der Waals surface area contributed by atoms with Crippen molar-refractivity contribution in [1.82, 2.24) is 20.6 Å². The van der Waals surface area contributed by atoms with Crippen LogP contribution in [-0.4, -0.2) is 33.6 Å². The van der Waals surface area contributed by atoms with Gasteiger partial charge in [-0.2, -0.15) is 0 Å². The van der Waals surface area contributed by atoms with E-state index in [2.05, 4.69) is 20.6 Å². The van der Waals surface area contributed by atoms with Gasteiger partial charge < -0.3 is 20.7 Å². The molecule has 7 heteroatoms. The van der Waals surface area contributed by atoms with Crippen molar-refractivity contribution in [3.05, 3.63) is 18.2 Å². The van der Waals surface area contributed by atoms with Crippen molar-refractivity contribution in [2.45, 2.75) is 32.2 Å². The van der Waals surface area contributed by atoms with Gasteiger partial charge in [0, 0.05) is 18.9 Å². The predicted octanol–water partition coefficient (Wildman–Crippen LogP) is 0.854. The van der Waals surface area contributed by atoms with Gasteiger partial charge in [0.25, 0.3) is 0 Å². The van der Waals surface area contributed by atoms with Gasteiger partial charge in [-0.1, -0.05) is 12.8 Å². The average Bonchev–Trinajstić information content (AvgIpc) is 3.05. The third-order valence-corrected chi connectivity index (χ3v) is 3.57. The van der Waals surface area contributed by atoms with E-state index in [0.717, 1.165) is 12.8 Å². The Labute approximate surface area is 110 Å². The number of nitrogens with zero attached hydrogens (tertiary/aromatic N) is 1.